The number of carboxylic acid groups (broad SMARTS) is 1. The fraction of sp³-hybridized carbons (Fsp3) is 0.731. The van der Waals surface area contributed by atoms with Crippen molar-refractivity contribution >= 4 is 17.9 Å². The average Bonchev–Trinajstić information content (AvgIpc) is 3.50. The standard InChI is InChI=1S/C78H135NO8/c1-6-8-10-12-14-16-18-20-22-24-26-28-30-31-32-33-34-35-36-37-38-39-40-41-42-43-44-45-47-48-50-52-54-56-58-60-62-64-66-68-75(80)85-72-74(73-86-78(77(82)83)84-71-70-79(3,4)5)87-76(81)69-67-65-63-61-59-57-55-53-51-49-46-29-27-25-23-21-19-17-15-13-11-9-7-2/h8-11,14-17,20-23,26-29,49,51,74,78H,6-7,12-13,18-19,24-25,30-48,50,52-73H2,1-5H3/p+1/b10-8-,11-9-,16-14-,17-15-,22-20-,23-21-,28-26-,29-27-,51-49-. The van der Waals surface area contributed by atoms with Crippen molar-refractivity contribution in [3.05, 3.63) is 109 Å². The molecule has 0 aromatic rings. The van der Waals surface area contributed by atoms with E-state index in [-0.39, 0.29) is 32.2 Å². The Labute approximate surface area is 536 Å². The van der Waals surface area contributed by atoms with Gasteiger partial charge in [0.2, 0.25) is 0 Å². The smallest absolute Gasteiger partial charge is 0.361 e. The Kier molecular flexibility index (Phi) is 64.7. The zero-order valence-electron chi connectivity index (χ0n) is 57.2. The lowest BCUT2D eigenvalue weighted by Gasteiger charge is -2.25. The van der Waals surface area contributed by atoms with Gasteiger partial charge in [0, 0.05) is 12.8 Å². The van der Waals surface area contributed by atoms with Crippen LogP contribution in [0, 0.1) is 0 Å². The van der Waals surface area contributed by atoms with Crippen LogP contribution in [-0.2, 0) is 33.3 Å². The summed E-state index contributed by atoms with van der Waals surface area (Å²) in [4.78, 5) is 37.6. The first kappa shape index (κ1) is 83.0. The molecule has 0 saturated heterocycles. The number of hydrogen-bond acceptors (Lipinski definition) is 7. The van der Waals surface area contributed by atoms with E-state index in [1.807, 2.05) is 21.1 Å². The molecule has 0 bridgehead atoms. The summed E-state index contributed by atoms with van der Waals surface area (Å²) < 4.78 is 23.0. The van der Waals surface area contributed by atoms with Crippen LogP contribution in [0.15, 0.2) is 109 Å². The summed E-state index contributed by atoms with van der Waals surface area (Å²) in [5.74, 6) is -2.01. The van der Waals surface area contributed by atoms with E-state index >= 15 is 0 Å². The summed E-state index contributed by atoms with van der Waals surface area (Å²) in [6, 6.07) is 0. The predicted molar refractivity (Wildman–Crippen MR) is 373 cm³/mol. The minimum atomic E-state index is -1.52. The molecule has 0 aromatic carbocycles. The van der Waals surface area contributed by atoms with E-state index in [2.05, 4.69) is 123 Å². The number of hydrogen-bond donors (Lipinski definition) is 1. The molecule has 0 radical (unpaired) electrons. The van der Waals surface area contributed by atoms with E-state index in [0.717, 1.165) is 103 Å². The van der Waals surface area contributed by atoms with Gasteiger partial charge in [0.1, 0.15) is 13.2 Å². The topological polar surface area (TPSA) is 108 Å². The van der Waals surface area contributed by atoms with Crippen LogP contribution in [0.5, 0.6) is 0 Å². The quantitative estimate of drug-likeness (QED) is 0.0211. The number of carbonyl (C=O) groups excluding carboxylic acids is 2. The van der Waals surface area contributed by atoms with Crippen molar-refractivity contribution in [2.75, 3.05) is 47.5 Å². The highest BCUT2D eigenvalue weighted by molar-refractivity contribution is 5.71. The molecule has 2 atom stereocenters. The van der Waals surface area contributed by atoms with Gasteiger partial charge in [0.25, 0.3) is 6.29 Å². The van der Waals surface area contributed by atoms with Crippen LogP contribution in [0.1, 0.15) is 309 Å². The third-order valence-electron chi connectivity index (χ3n) is 15.5. The summed E-state index contributed by atoms with van der Waals surface area (Å²) in [5.41, 5.74) is 0. The SMILES string of the molecule is CC/C=C\C/C=C\C/C=C\C/C=C\C/C=C\CCCCCCCCCC(=O)OC(COC(=O)CCCCCCCCCCCCCCCCCCCCCCCCCCCC/C=C\C/C=C\C/C=C\C/C=C\CC)COC(OCC[N+](C)(C)C)C(=O)O. The fourth-order valence-electron chi connectivity index (χ4n) is 10.1. The molecule has 0 fully saturated rings. The minimum Gasteiger partial charge on any atom is -0.477 e. The molecule has 0 spiro atoms. The van der Waals surface area contributed by atoms with Crippen molar-refractivity contribution in [1.82, 2.24) is 0 Å². The van der Waals surface area contributed by atoms with Gasteiger partial charge < -0.3 is 28.5 Å². The maximum Gasteiger partial charge on any atom is 0.361 e. The van der Waals surface area contributed by atoms with Crippen molar-refractivity contribution in [2.24, 2.45) is 0 Å². The van der Waals surface area contributed by atoms with Gasteiger partial charge in [-0.15, -0.1) is 0 Å². The van der Waals surface area contributed by atoms with E-state index in [9.17, 15) is 19.5 Å². The molecule has 0 amide bonds. The van der Waals surface area contributed by atoms with E-state index in [1.165, 1.54) is 173 Å². The number of carboxylic acids is 1. The Balaban J connectivity index is 4.01. The van der Waals surface area contributed by atoms with E-state index < -0.39 is 24.3 Å². The van der Waals surface area contributed by atoms with E-state index in [1.54, 1.807) is 0 Å². The van der Waals surface area contributed by atoms with Gasteiger partial charge in [0.05, 0.1) is 34.4 Å². The number of carbonyl (C=O) groups is 3. The van der Waals surface area contributed by atoms with Crippen LogP contribution in [-0.4, -0.2) is 87.4 Å². The third kappa shape index (κ3) is 69.3. The Morgan fingerprint density at radius 2 is 0.621 bits per heavy atom. The van der Waals surface area contributed by atoms with Gasteiger partial charge in [-0.25, -0.2) is 4.79 Å². The molecule has 0 saturated carbocycles. The number of nitrogens with zero attached hydrogens (tertiary/aromatic N) is 1. The number of esters is 2. The highest BCUT2D eigenvalue weighted by Gasteiger charge is 2.25. The average molecular weight is 1220 g/mol. The molecule has 0 rings (SSSR count). The van der Waals surface area contributed by atoms with Crippen molar-refractivity contribution < 1.29 is 42.9 Å². The summed E-state index contributed by atoms with van der Waals surface area (Å²) in [7, 11) is 5.97. The summed E-state index contributed by atoms with van der Waals surface area (Å²) >= 11 is 0. The molecule has 9 heteroatoms. The number of aliphatic carboxylic acids is 1. The number of rotatable bonds is 66. The molecule has 0 aliphatic rings. The van der Waals surface area contributed by atoms with Crippen LogP contribution in [0.3, 0.4) is 0 Å². The van der Waals surface area contributed by atoms with Crippen LogP contribution in [0.25, 0.3) is 0 Å². The fourth-order valence-corrected chi connectivity index (χ4v) is 10.1. The van der Waals surface area contributed by atoms with Crippen molar-refractivity contribution in [3.63, 3.8) is 0 Å². The summed E-state index contributed by atoms with van der Waals surface area (Å²) in [6.45, 7) is 4.66. The molecular weight excluding hydrogens is 1080 g/mol. The number of allylic oxidation sites excluding steroid dienone is 18. The largest absolute Gasteiger partial charge is 0.477 e. The van der Waals surface area contributed by atoms with Crippen molar-refractivity contribution in [1.29, 1.82) is 0 Å². The second kappa shape index (κ2) is 67.9. The number of ether oxygens (including phenoxy) is 4. The first-order chi connectivity index (χ1) is 42.6. The van der Waals surface area contributed by atoms with Crippen LogP contribution in [0.2, 0.25) is 0 Å². The summed E-state index contributed by atoms with van der Waals surface area (Å²) in [6.07, 6.45) is 92.2. The van der Waals surface area contributed by atoms with Crippen LogP contribution >= 0.6 is 0 Å². The van der Waals surface area contributed by atoms with Gasteiger partial charge in [-0.05, 0) is 96.3 Å². The highest BCUT2D eigenvalue weighted by Crippen LogP contribution is 2.18. The van der Waals surface area contributed by atoms with E-state index in [0.29, 0.717) is 23.9 Å². The first-order valence-electron chi connectivity index (χ1n) is 36.1. The molecule has 0 aliphatic heterocycles. The Hall–Kier alpha value is -4.05. The van der Waals surface area contributed by atoms with Crippen LogP contribution < -0.4 is 0 Å². The minimum absolute atomic E-state index is 0.182. The number of likely N-dealkylation sites (N-methyl/N-ethyl adjacent to an activating group) is 1. The lowest BCUT2D eigenvalue weighted by molar-refractivity contribution is -0.870. The normalized spacial score (nSPS) is 13.3. The summed E-state index contributed by atoms with van der Waals surface area (Å²) in [5, 5.41) is 9.74. The zero-order chi connectivity index (χ0) is 63.3. The highest BCUT2D eigenvalue weighted by atomic mass is 16.7. The molecular formula is C78H136NO8+. The number of unbranched alkanes of at least 4 members (excludes halogenated alkanes) is 33. The first-order valence-corrected chi connectivity index (χ1v) is 36.1. The predicted octanol–water partition coefficient (Wildman–Crippen LogP) is 22.6. The third-order valence-corrected chi connectivity index (χ3v) is 15.5. The monoisotopic (exact) mass is 1220 g/mol. The molecule has 2 unspecified atom stereocenters. The van der Waals surface area contributed by atoms with Gasteiger partial charge >= 0.3 is 17.9 Å². The second-order valence-corrected chi connectivity index (χ2v) is 25.1. The zero-order valence-corrected chi connectivity index (χ0v) is 57.2. The van der Waals surface area contributed by atoms with Crippen molar-refractivity contribution in [2.45, 2.75) is 322 Å². The molecule has 1 N–H and O–H groups in total. The van der Waals surface area contributed by atoms with E-state index in [4.69, 9.17) is 18.9 Å². The lowest BCUT2D eigenvalue weighted by Crippen LogP contribution is -2.40. The lowest BCUT2D eigenvalue weighted by atomic mass is 10.0. The van der Waals surface area contributed by atoms with Gasteiger partial charge in [0.15, 0.2) is 6.10 Å². The Morgan fingerprint density at radius 3 is 0.920 bits per heavy atom. The van der Waals surface area contributed by atoms with Gasteiger partial charge in [-0.2, -0.15) is 0 Å². The Morgan fingerprint density at radius 1 is 0.345 bits per heavy atom. The molecule has 0 aliphatic carbocycles. The molecule has 0 heterocycles. The van der Waals surface area contributed by atoms with Crippen molar-refractivity contribution in [3.8, 4) is 0 Å². The molecule has 9 nitrogen and oxygen atoms in total. The molecule has 87 heavy (non-hydrogen) atoms. The van der Waals surface area contributed by atoms with Gasteiger partial charge in [-0.3, -0.25) is 9.59 Å². The Bertz CT molecular complexity index is 1800. The van der Waals surface area contributed by atoms with Gasteiger partial charge in [-0.1, -0.05) is 309 Å². The maximum absolute atomic E-state index is 12.9. The van der Waals surface area contributed by atoms with Crippen LogP contribution in [0.4, 0.5) is 0 Å². The second-order valence-electron chi connectivity index (χ2n) is 25.1. The maximum atomic E-state index is 12.9. The molecule has 500 valence electrons. The number of quaternary nitrogens is 1. The molecule has 0 aromatic heterocycles.